The number of allylic oxidation sites excluding steroid dienone is 2. The maximum atomic E-state index is 12.7. The van der Waals surface area contributed by atoms with Crippen LogP contribution in [0.15, 0.2) is 17.1 Å². The van der Waals surface area contributed by atoms with Gasteiger partial charge >= 0.3 is 0 Å². The van der Waals surface area contributed by atoms with Gasteiger partial charge in [-0.3, -0.25) is 19.5 Å². The molecular formula is C22H37N5O2. The molecule has 0 radical (unpaired) electrons. The third-order valence-corrected chi connectivity index (χ3v) is 6.82. The number of carbonyl (C=O) groups excluding carboxylic acids is 2. The zero-order valence-electron chi connectivity index (χ0n) is 18.4. The Bertz CT molecular complexity index is 632. The highest BCUT2D eigenvalue weighted by molar-refractivity contribution is 6.06. The van der Waals surface area contributed by atoms with E-state index in [0.29, 0.717) is 25.6 Å². The molecule has 29 heavy (non-hydrogen) atoms. The molecule has 2 bridgehead atoms. The molecule has 0 aromatic carbocycles. The molecule has 1 saturated carbocycles. The fourth-order valence-electron chi connectivity index (χ4n) is 4.83. The van der Waals surface area contributed by atoms with Gasteiger partial charge in [0.2, 0.25) is 11.8 Å². The van der Waals surface area contributed by atoms with Crippen LogP contribution in [0.4, 0.5) is 0 Å². The molecule has 1 saturated heterocycles. The minimum absolute atomic E-state index is 0.0407. The van der Waals surface area contributed by atoms with Crippen molar-refractivity contribution in [2.24, 2.45) is 28.7 Å². The molecule has 3 rings (SSSR count). The summed E-state index contributed by atoms with van der Waals surface area (Å²) in [5, 5.41) is 6.63. The molecular weight excluding hydrogens is 366 g/mol. The van der Waals surface area contributed by atoms with Crippen LogP contribution in [0.3, 0.4) is 0 Å². The second-order valence-electron chi connectivity index (χ2n) is 8.61. The third-order valence-electron chi connectivity index (χ3n) is 6.82. The molecule has 3 aliphatic rings. The van der Waals surface area contributed by atoms with Gasteiger partial charge in [0, 0.05) is 38.8 Å². The number of nitrogens with zero attached hydrogens (tertiary/aromatic N) is 3. The van der Waals surface area contributed by atoms with E-state index in [1.54, 1.807) is 0 Å². The predicted octanol–water partition coefficient (Wildman–Crippen LogP) is 1.47. The van der Waals surface area contributed by atoms with Gasteiger partial charge in [-0.25, -0.2) is 0 Å². The van der Waals surface area contributed by atoms with Gasteiger partial charge in [-0.1, -0.05) is 19.1 Å². The highest BCUT2D eigenvalue weighted by Gasteiger charge is 2.58. The third kappa shape index (κ3) is 4.65. The SMILES string of the molecule is CCNC(=NCCCN1C(=O)C2C3C=CC(C3)C2C1=O)NCCN(C)C(C)CC. The number of rotatable bonds is 10. The lowest BCUT2D eigenvalue weighted by atomic mass is 9.85. The van der Waals surface area contributed by atoms with E-state index in [-0.39, 0.29) is 35.5 Å². The van der Waals surface area contributed by atoms with Gasteiger partial charge in [0.15, 0.2) is 5.96 Å². The number of nitrogens with one attached hydrogen (secondary N) is 2. The van der Waals surface area contributed by atoms with E-state index in [9.17, 15) is 9.59 Å². The topological polar surface area (TPSA) is 77.0 Å². The molecule has 7 heteroatoms. The molecule has 2 N–H and O–H groups in total. The zero-order valence-corrected chi connectivity index (χ0v) is 18.4. The van der Waals surface area contributed by atoms with Gasteiger partial charge in [0.05, 0.1) is 11.8 Å². The van der Waals surface area contributed by atoms with Crippen LogP contribution in [0, 0.1) is 23.7 Å². The van der Waals surface area contributed by atoms with Gasteiger partial charge in [0.1, 0.15) is 0 Å². The summed E-state index contributed by atoms with van der Waals surface area (Å²) in [6.07, 6.45) is 7.09. The van der Waals surface area contributed by atoms with Crippen LogP contribution < -0.4 is 10.6 Å². The molecule has 1 heterocycles. The Morgan fingerprint density at radius 3 is 2.45 bits per heavy atom. The number of carbonyl (C=O) groups is 2. The maximum absolute atomic E-state index is 12.7. The van der Waals surface area contributed by atoms with Gasteiger partial charge < -0.3 is 15.5 Å². The summed E-state index contributed by atoms with van der Waals surface area (Å²) in [7, 11) is 2.14. The quantitative estimate of drug-likeness (QED) is 0.190. The lowest BCUT2D eigenvalue weighted by molar-refractivity contribution is -0.140. The smallest absolute Gasteiger partial charge is 0.233 e. The normalized spacial score (nSPS) is 29.1. The van der Waals surface area contributed by atoms with Crippen molar-refractivity contribution in [3.05, 3.63) is 12.2 Å². The Labute approximate surface area is 175 Å². The number of likely N-dealkylation sites (N-methyl/N-ethyl adjacent to an activating group) is 1. The number of likely N-dealkylation sites (tertiary alicyclic amines) is 1. The average Bonchev–Trinajstić information content (AvgIpc) is 3.39. The molecule has 0 aromatic rings. The second kappa shape index (κ2) is 9.74. The first-order chi connectivity index (χ1) is 14.0. The minimum atomic E-state index is -0.0949. The number of fused-ring (bicyclic) bond motifs is 5. The number of hydrogen-bond donors (Lipinski definition) is 2. The van der Waals surface area contributed by atoms with E-state index < -0.39 is 0 Å². The van der Waals surface area contributed by atoms with Crippen molar-refractivity contribution in [3.8, 4) is 0 Å². The number of hydrogen-bond acceptors (Lipinski definition) is 4. The lowest BCUT2D eigenvalue weighted by Gasteiger charge is -2.24. The van der Waals surface area contributed by atoms with Crippen molar-refractivity contribution in [3.63, 3.8) is 0 Å². The van der Waals surface area contributed by atoms with Gasteiger partial charge in [-0.15, -0.1) is 0 Å². The molecule has 5 unspecified atom stereocenters. The van der Waals surface area contributed by atoms with Crippen LogP contribution in [-0.2, 0) is 9.59 Å². The largest absolute Gasteiger partial charge is 0.357 e. The summed E-state index contributed by atoms with van der Waals surface area (Å²) in [6.45, 7) is 10.1. The maximum Gasteiger partial charge on any atom is 0.233 e. The fraction of sp³-hybridized carbons (Fsp3) is 0.773. The van der Waals surface area contributed by atoms with E-state index in [2.05, 4.69) is 53.6 Å². The molecule has 2 amide bonds. The number of imide groups is 1. The Morgan fingerprint density at radius 1 is 1.21 bits per heavy atom. The zero-order chi connectivity index (χ0) is 21.0. The molecule has 7 nitrogen and oxygen atoms in total. The van der Waals surface area contributed by atoms with E-state index in [1.165, 1.54) is 4.90 Å². The molecule has 2 aliphatic carbocycles. The van der Waals surface area contributed by atoms with Crippen molar-refractivity contribution in [1.29, 1.82) is 0 Å². The van der Waals surface area contributed by atoms with Gasteiger partial charge in [-0.2, -0.15) is 0 Å². The summed E-state index contributed by atoms with van der Waals surface area (Å²) >= 11 is 0. The van der Waals surface area contributed by atoms with Gasteiger partial charge in [0.25, 0.3) is 0 Å². The first kappa shape index (κ1) is 21.8. The molecule has 0 spiro atoms. The van der Waals surface area contributed by atoms with E-state index in [1.807, 2.05) is 6.92 Å². The summed E-state index contributed by atoms with van der Waals surface area (Å²) in [4.78, 5) is 33.9. The van der Waals surface area contributed by atoms with Crippen molar-refractivity contribution in [1.82, 2.24) is 20.4 Å². The molecule has 0 aromatic heterocycles. The number of amides is 2. The first-order valence-corrected chi connectivity index (χ1v) is 11.2. The van der Waals surface area contributed by atoms with E-state index in [4.69, 9.17) is 0 Å². The van der Waals surface area contributed by atoms with Crippen LogP contribution >= 0.6 is 0 Å². The van der Waals surface area contributed by atoms with Gasteiger partial charge in [-0.05, 0) is 52.0 Å². The second-order valence-corrected chi connectivity index (χ2v) is 8.61. The van der Waals surface area contributed by atoms with Crippen molar-refractivity contribution < 1.29 is 9.59 Å². The Kier molecular flexibility index (Phi) is 7.33. The van der Waals surface area contributed by atoms with Crippen LogP contribution in [0.1, 0.15) is 40.0 Å². The lowest BCUT2D eigenvalue weighted by Crippen LogP contribution is -2.42. The summed E-state index contributed by atoms with van der Waals surface area (Å²) in [5.74, 6) is 1.25. The average molecular weight is 404 g/mol. The first-order valence-electron chi connectivity index (χ1n) is 11.2. The minimum Gasteiger partial charge on any atom is -0.357 e. The summed E-state index contributed by atoms with van der Waals surface area (Å²) in [5.41, 5.74) is 0. The fourth-order valence-corrected chi connectivity index (χ4v) is 4.83. The highest BCUT2D eigenvalue weighted by Crippen LogP contribution is 2.52. The Balaban J connectivity index is 1.43. The Morgan fingerprint density at radius 2 is 1.86 bits per heavy atom. The predicted molar refractivity (Wildman–Crippen MR) is 115 cm³/mol. The van der Waals surface area contributed by atoms with E-state index >= 15 is 0 Å². The monoisotopic (exact) mass is 403 g/mol. The van der Waals surface area contributed by atoms with Crippen molar-refractivity contribution in [2.75, 3.05) is 39.8 Å². The molecule has 1 aliphatic heterocycles. The van der Waals surface area contributed by atoms with Crippen molar-refractivity contribution >= 4 is 17.8 Å². The molecule has 5 atom stereocenters. The van der Waals surface area contributed by atoms with Crippen LogP contribution in [0.25, 0.3) is 0 Å². The van der Waals surface area contributed by atoms with Crippen LogP contribution in [0.5, 0.6) is 0 Å². The van der Waals surface area contributed by atoms with E-state index in [0.717, 1.165) is 38.4 Å². The summed E-state index contributed by atoms with van der Waals surface area (Å²) in [6, 6.07) is 0.566. The van der Waals surface area contributed by atoms with Crippen LogP contribution in [-0.4, -0.2) is 73.4 Å². The number of guanidine groups is 1. The van der Waals surface area contributed by atoms with Crippen LogP contribution in [0.2, 0.25) is 0 Å². The Hall–Kier alpha value is -1.89. The number of aliphatic imine (C=N–C) groups is 1. The standard InChI is InChI=1S/C22H37N5O2/c1-5-15(3)26(4)13-11-25-22(23-6-2)24-10-7-12-27-20(28)18-16-8-9-17(14-16)19(18)21(27)29/h8-9,15-19H,5-7,10-14H2,1-4H3,(H2,23,24,25). The highest BCUT2D eigenvalue weighted by atomic mass is 16.2. The van der Waals surface area contributed by atoms with Crippen molar-refractivity contribution in [2.45, 2.75) is 46.1 Å². The molecule has 162 valence electrons. The molecule has 2 fully saturated rings. The summed E-state index contributed by atoms with van der Waals surface area (Å²) < 4.78 is 0.